The predicted molar refractivity (Wildman–Crippen MR) is 59.9 cm³/mol. The van der Waals surface area contributed by atoms with Crippen LogP contribution in [0.3, 0.4) is 0 Å². The molecule has 0 saturated heterocycles. The first kappa shape index (κ1) is 11.2. The van der Waals surface area contributed by atoms with Crippen molar-refractivity contribution in [2.45, 2.75) is 26.7 Å². The van der Waals surface area contributed by atoms with Crippen LogP contribution in [0.15, 0.2) is 16.6 Å². The van der Waals surface area contributed by atoms with Crippen molar-refractivity contribution in [3.8, 4) is 0 Å². The molecular formula is C11H13BrO2. The average Bonchev–Trinajstić information content (AvgIpc) is 2.08. The fraction of sp³-hybridized carbons (Fsp3) is 0.364. The monoisotopic (exact) mass is 256 g/mol. The van der Waals surface area contributed by atoms with Crippen LogP contribution in [0.4, 0.5) is 0 Å². The van der Waals surface area contributed by atoms with Gasteiger partial charge in [0.25, 0.3) is 0 Å². The highest BCUT2D eigenvalue weighted by Crippen LogP contribution is 2.26. The smallest absolute Gasteiger partial charge is 0.336 e. The highest BCUT2D eigenvalue weighted by atomic mass is 79.9. The van der Waals surface area contributed by atoms with Crippen LogP contribution in [0.25, 0.3) is 0 Å². The molecule has 1 N–H and O–H groups in total. The molecule has 0 atom stereocenters. The number of rotatable bonds is 2. The van der Waals surface area contributed by atoms with Crippen LogP contribution in [-0.4, -0.2) is 11.1 Å². The summed E-state index contributed by atoms with van der Waals surface area (Å²) in [6, 6.07) is 3.72. The molecule has 0 spiro atoms. The van der Waals surface area contributed by atoms with Gasteiger partial charge in [-0.25, -0.2) is 4.79 Å². The Morgan fingerprint density at radius 2 is 2.00 bits per heavy atom. The van der Waals surface area contributed by atoms with Gasteiger partial charge in [0, 0.05) is 4.47 Å². The topological polar surface area (TPSA) is 37.3 Å². The van der Waals surface area contributed by atoms with Crippen molar-refractivity contribution in [2.75, 3.05) is 0 Å². The van der Waals surface area contributed by atoms with Crippen molar-refractivity contribution >= 4 is 21.9 Å². The number of carboxylic acid groups (broad SMARTS) is 1. The molecule has 14 heavy (non-hydrogen) atoms. The lowest BCUT2D eigenvalue weighted by molar-refractivity contribution is 0.0696. The normalized spacial score (nSPS) is 10.6. The minimum Gasteiger partial charge on any atom is -0.478 e. The summed E-state index contributed by atoms with van der Waals surface area (Å²) in [6.07, 6.45) is 0. The first-order valence-corrected chi connectivity index (χ1v) is 5.26. The number of hydrogen-bond acceptors (Lipinski definition) is 1. The molecule has 0 saturated carbocycles. The van der Waals surface area contributed by atoms with Gasteiger partial charge in [0.2, 0.25) is 0 Å². The van der Waals surface area contributed by atoms with Gasteiger partial charge in [-0.2, -0.15) is 0 Å². The van der Waals surface area contributed by atoms with Crippen molar-refractivity contribution < 1.29 is 9.90 Å². The van der Waals surface area contributed by atoms with Gasteiger partial charge in [-0.05, 0) is 36.1 Å². The zero-order chi connectivity index (χ0) is 10.9. The fourth-order valence-corrected chi connectivity index (χ4v) is 1.73. The summed E-state index contributed by atoms with van der Waals surface area (Å²) in [5.74, 6) is -0.532. The molecule has 0 amide bonds. The summed E-state index contributed by atoms with van der Waals surface area (Å²) in [5, 5.41) is 8.98. The Hall–Kier alpha value is -0.830. The first-order chi connectivity index (χ1) is 6.43. The second-order valence-electron chi connectivity index (χ2n) is 3.64. The fourth-order valence-electron chi connectivity index (χ4n) is 1.26. The summed E-state index contributed by atoms with van der Waals surface area (Å²) in [4.78, 5) is 10.9. The van der Waals surface area contributed by atoms with E-state index < -0.39 is 5.97 Å². The molecule has 1 rings (SSSR count). The molecule has 0 aliphatic rings. The van der Waals surface area contributed by atoms with Crippen molar-refractivity contribution in [3.05, 3.63) is 33.3 Å². The van der Waals surface area contributed by atoms with E-state index in [9.17, 15) is 4.79 Å². The van der Waals surface area contributed by atoms with Gasteiger partial charge in [0.05, 0.1) is 5.56 Å². The number of carboxylic acids is 1. The van der Waals surface area contributed by atoms with Crippen LogP contribution in [-0.2, 0) is 0 Å². The SMILES string of the molecule is Cc1c(Br)cc(C(C)C)cc1C(=O)O. The van der Waals surface area contributed by atoms with Crippen molar-refractivity contribution in [1.29, 1.82) is 0 Å². The van der Waals surface area contributed by atoms with Crippen LogP contribution in [0.1, 0.15) is 41.3 Å². The summed E-state index contributed by atoms with van der Waals surface area (Å²) >= 11 is 3.37. The molecule has 0 aliphatic carbocycles. The third-order valence-electron chi connectivity index (χ3n) is 2.26. The van der Waals surface area contributed by atoms with E-state index in [1.807, 2.05) is 19.9 Å². The standard InChI is InChI=1S/C11H13BrO2/c1-6(2)8-4-9(11(13)14)7(3)10(12)5-8/h4-6H,1-3H3,(H,13,14). The highest BCUT2D eigenvalue weighted by molar-refractivity contribution is 9.10. The maximum atomic E-state index is 10.9. The van der Waals surface area contributed by atoms with Gasteiger partial charge in [-0.3, -0.25) is 0 Å². The zero-order valence-electron chi connectivity index (χ0n) is 8.47. The Balaban J connectivity index is 3.35. The molecule has 0 bridgehead atoms. The van der Waals surface area contributed by atoms with Crippen LogP contribution in [0, 0.1) is 6.92 Å². The molecule has 0 radical (unpaired) electrons. The van der Waals surface area contributed by atoms with Gasteiger partial charge >= 0.3 is 5.97 Å². The third-order valence-corrected chi connectivity index (χ3v) is 3.09. The van der Waals surface area contributed by atoms with Crippen molar-refractivity contribution in [1.82, 2.24) is 0 Å². The number of carbonyl (C=O) groups is 1. The molecule has 76 valence electrons. The molecule has 0 fully saturated rings. The van der Waals surface area contributed by atoms with Crippen LogP contribution in [0.5, 0.6) is 0 Å². The maximum Gasteiger partial charge on any atom is 0.336 e. The molecule has 2 nitrogen and oxygen atoms in total. The minimum absolute atomic E-state index is 0.338. The van der Waals surface area contributed by atoms with E-state index >= 15 is 0 Å². The van der Waals surface area contributed by atoms with Crippen LogP contribution < -0.4 is 0 Å². The molecule has 3 heteroatoms. The van der Waals surface area contributed by atoms with Crippen molar-refractivity contribution in [2.24, 2.45) is 0 Å². The van der Waals surface area contributed by atoms with E-state index in [1.54, 1.807) is 13.0 Å². The average molecular weight is 257 g/mol. The van der Waals surface area contributed by atoms with Gasteiger partial charge in [0.15, 0.2) is 0 Å². The second kappa shape index (κ2) is 4.13. The molecule has 0 aliphatic heterocycles. The molecule has 1 aromatic carbocycles. The molecular weight excluding hydrogens is 244 g/mol. The van der Waals surface area contributed by atoms with Gasteiger partial charge < -0.3 is 5.11 Å². The highest BCUT2D eigenvalue weighted by Gasteiger charge is 2.12. The Morgan fingerprint density at radius 1 is 1.43 bits per heavy atom. The molecule has 0 unspecified atom stereocenters. The second-order valence-corrected chi connectivity index (χ2v) is 4.49. The lowest BCUT2D eigenvalue weighted by atomic mass is 9.98. The summed E-state index contributed by atoms with van der Waals surface area (Å²) in [6.45, 7) is 5.89. The maximum absolute atomic E-state index is 10.9. The van der Waals surface area contributed by atoms with Crippen LogP contribution in [0.2, 0.25) is 0 Å². The number of benzene rings is 1. The van der Waals surface area contributed by atoms with E-state index in [-0.39, 0.29) is 0 Å². The quantitative estimate of drug-likeness (QED) is 0.879. The molecule has 0 heterocycles. The lowest BCUT2D eigenvalue weighted by Gasteiger charge is -2.10. The Morgan fingerprint density at radius 3 is 2.43 bits per heavy atom. The van der Waals surface area contributed by atoms with Crippen LogP contribution >= 0.6 is 15.9 Å². The van der Waals surface area contributed by atoms with Gasteiger partial charge in [-0.15, -0.1) is 0 Å². The van der Waals surface area contributed by atoms with Gasteiger partial charge in [-0.1, -0.05) is 29.8 Å². The first-order valence-electron chi connectivity index (χ1n) is 4.46. The number of aromatic carboxylic acids is 1. The Kier molecular flexibility index (Phi) is 3.32. The lowest BCUT2D eigenvalue weighted by Crippen LogP contribution is -2.02. The van der Waals surface area contributed by atoms with E-state index in [0.717, 1.165) is 15.6 Å². The number of hydrogen-bond donors (Lipinski definition) is 1. The molecule has 1 aromatic rings. The number of halogens is 1. The van der Waals surface area contributed by atoms with E-state index in [1.165, 1.54) is 0 Å². The minimum atomic E-state index is -0.870. The zero-order valence-corrected chi connectivity index (χ0v) is 10.1. The van der Waals surface area contributed by atoms with Gasteiger partial charge in [0.1, 0.15) is 0 Å². The van der Waals surface area contributed by atoms with E-state index in [4.69, 9.17) is 5.11 Å². The summed E-state index contributed by atoms with van der Waals surface area (Å²) < 4.78 is 0.862. The van der Waals surface area contributed by atoms with E-state index in [0.29, 0.717) is 11.5 Å². The van der Waals surface area contributed by atoms with Crippen molar-refractivity contribution in [3.63, 3.8) is 0 Å². The molecule has 0 aromatic heterocycles. The van der Waals surface area contributed by atoms with E-state index in [2.05, 4.69) is 15.9 Å². The summed E-state index contributed by atoms with van der Waals surface area (Å²) in [5.41, 5.74) is 2.20. The third kappa shape index (κ3) is 2.15. The summed E-state index contributed by atoms with van der Waals surface area (Å²) in [7, 11) is 0. The Labute approximate surface area is 92.1 Å². The predicted octanol–water partition coefficient (Wildman–Crippen LogP) is 3.58. The largest absolute Gasteiger partial charge is 0.478 e. The Bertz CT molecular complexity index is 370.